The van der Waals surface area contributed by atoms with Crippen molar-refractivity contribution in [2.24, 2.45) is 5.92 Å². The van der Waals surface area contributed by atoms with Crippen molar-refractivity contribution in [1.82, 2.24) is 14.2 Å². The highest BCUT2D eigenvalue weighted by atomic mass is 32.2. The van der Waals surface area contributed by atoms with Gasteiger partial charge in [-0.3, -0.25) is 9.88 Å². The second-order valence-electron chi connectivity index (χ2n) is 8.14. The van der Waals surface area contributed by atoms with Crippen LogP contribution in [0, 0.1) is 11.7 Å². The lowest BCUT2D eigenvalue weighted by atomic mass is 10.0. The van der Waals surface area contributed by atoms with E-state index in [2.05, 4.69) is 9.88 Å². The summed E-state index contributed by atoms with van der Waals surface area (Å²) in [7, 11) is -3.65. The smallest absolute Gasteiger partial charge is 0.243 e. The SMILES string of the molecule is O=S(=O)(c1ccc(F)cc1)N1CCN(C2CCCC2)C[C@@H](Cc2ccccn2)C1. The Balaban J connectivity index is 1.58. The molecule has 0 unspecified atom stereocenters. The minimum Gasteiger partial charge on any atom is -0.299 e. The quantitative estimate of drug-likeness (QED) is 0.749. The highest BCUT2D eigenvalue weighted by Gasteiger charge is 2.34. The molecule has 0 N–H and O–H groups in total. The van der Waals surface area contributed by atoms with Crippen molar-refractivity contribution in [1.29, 1.82) is 0 Å². The van der Waals surface area contributed by atoms with Crippen LogP contribution in [0.3, 0.4) is 0 Å². The zero-order valence-corrected chi connectivity index (χ0v) is 17.4. The van der Waals surface area contributed by atoms with Crippen molar-refractivity contribution in [3.63, 3.8) is 0 Å². The maximum absolute atomic E-state index is 13.3. The first-order valence-corrected chi connectivity index (χ1v) is 11.9. The van der Waals surface area contributed by atoms with E-state index < -0.39 is 15.8 Å². The van der Waals surface area contributed by atoms with Crippen molar-refractivity contribution in [3.8, 4) is 0 Å². The standard InChI is InChI=1S/C22H28FN3O2S/c23-19-8-10-22(11-9-19)29(27,28)26-14-13-25(21-6-1-2-7-21)16-18(17-26)15-20-5-3-4-12-24-20/h3-5,8-12,18,21H,1-2,6-7,13-17H2/t18-/m1/s1. The van der Waals surface area contributed by atoms with Gasteiger partial charge >= 0.3 is 0 Å². The molecule has 4 rings (SSSR count). The number of halogens is 1. The summed E-state index contributed by atoms with van der Waals surface area (Å²) in [6.45, 7) is 2.55. The fourth-order valence-corrected chi connectivity index (χ4v) is 6.13. The Kier molecular flexibility index (Phi) is 6.27. The zero-order valence-electron chi connectivity index (χ0n) is 16.6. The van der Waals surface area contributed by atoms with Crippen molar-refractivity contribution in [2.45, 2.75) is 43.0 Å². The van der Waals surface area contributed by atoms with E-state index in [1.165, 1.54) is 49.9 Å². The van der Waals surface area contributed by atoms with E-state index in [-0.39, 0.29) is 10.8 Å². The van der Waals surface area contributed by atoms with Crippen LogP contribution in [0.15, 0.2) is 53.6 Å². The van der Waals surface area contributed by atoms with Crippen molar-refractivity contribution in [3.05, 3.63) is 60.2 Å². The molecule has 0 radical (unpaired) electrons. The lowest BCUT2D eigenvalue weighted by Crippen LogP contribution is -2.38. The molecule has 29 heavy (non-hydrogen) atoms. The molecule has 2 aliphatic rings. The number of pyridine rings is 1. The Hall–Kier alpha value is -1.83. The summed E-state index contributed by atoms with van der Waals surface area (Å²) in [4.78, 5) is 7.10. The summed E-state index contributed by atoms with van der Waals surface area (Å²) in [6.07, 6.45) is 7.43. The lowest BCUT2D eigenvalue weighted by Gasteiger charge is -2.29. The molecular formula is C22H28FN3O2S. The molecule has 1 saturated carbocycles. The van der Waals surface area contributed by atoms with E-state index in [1.54, 1.807) is 10.5 Å². The number of rotatable bonds is 5. The molecular weight excluding hydrogens is 389 g/mol. The Morgan fingerprint density at radius 1 is 1.00 bits per heavy atom. The van der Waals surface area contributed by atoms with Gasteiger partial charge in [0, 0.05) is 44.1 Å². The number of sulfonamides is 1. The third kappa shape index (κ3) is 4.85. The van der Waals surface area contributed by atoms with Crippen LogP contribution in [-0.2, 0) is 16.4 Å². The van der Waals surface area contributed by atoms with Gasteiger partial charge in [0.2, 0.25) is 10.0 Å². The summed E-state index contributed by atoms with van der Waals surface area (Å²) in [6, 6.07) is 11.6. The van der Waals surface area contributed by atoms with Gasteiger partial charge in [-0.05, 0) is 61.6 Å². The Labute approximate surface area is 172 Å². The second-order valence-corrected chi connectivity index (χ2v) is 10.1. The number of hydrogen-bond donors (Lipinski definition) is 0. The molecule has 1 aromatic heterocycles. The molecule has 2 aromatic rings. The molecule has 7 heteroatoms. The third-order valence-corrected chi connectivity index (χ3v) is 7.99. The molecule has 2 heterocycles. The molecule has 1 aliphatic heterocycles. The third-order valence-electron chi connectivity index (χ3n) is 6.11. The predicted octanol–water partition coefficient (Wildman–Crippen LogP) is 3.33. The maximum Gasteiger partial charge on any atom is 0.243 e. The van der Waals surface area contributed by atoms with Gasteiger partial charge in [-0.25, -0.2) is 12.8 Å². The van der Waals surface area contributed by atoms with Gasteiger partial charge in [0.25, 0.3) is 0 Å². The molecule has 1 atom stereocenters. The molecule has 2 fully saturated rings. The second kappa shape index (κ2) is 8.90. The van der Waals surface area contributed by atoms with E-state index in [0.29, 0.717) is 19.1 Å². The highest BCUT2D eigenvalue weighted by molar-refractivity contribution is 7.89. The van der Waals surface area contributed by atoms with Crippen LogP contribution < -0.4 is 0 Å². The summed E-state index contributed by atoms with van der Waals surface area (Å²) in [5.74, 6) is -0.261. The summed E-state index contributed by atoms with van der Waals surface area (Å²) < 4.78 is 41.4. The summed E-state index contributed by atoms with van der Waals surface area (Å²) in [5, 5.41) is 0. The van der Waals surface area contributed by atoms with Gasteiger partial charge in [0.15, 0.2) is 0 Å². The molecule has 5 nitrogen and oxygen atoms in total. The van der Waals surface area contributed by atoms with Crippen LogP contribution in [0.25, 0.3) is 0 Å². The number of nitrogens with zero attached hydrogens (tertiary/aromatic N) is 3. The first kappa shape index (κ1) is 20.4. The maximum atomic E-state index is 13.3. The van der Waals surface area contributed by atoms with E-state index >= 15 is 0 Å². The average Bonchev–Trinajstić information content (AvgIpc) is 3.17. The van der Waals surface area contributed by atoms with Gasteiger partial charge < -0.3 is 0 Å². The van der Waals surface area contributed by atoms with Gasteiger partial charge in [0.05, 0.1) is 4.90 Å². The van der Waals surface area contributed by atoms with Crippen LogP contribution in [0.4, 0.5) is 4.39 Å². The van der Waals surface area contributed by atoms with Gasteiger partial charge in [-0.2, -0.15) is 4.31 Å². The molecule has 0 bridgehead atoms. The van der Waals surface area contributed by atoms with Gasteiger partial charge in [0.1, 0.15) is 5.82 Å². The molecule has 1 saturated heterocycles. The van der Waals surface area contributed by atoms with E-state index in [9.17, 15) is 12.8 Å². The predicted molar refractivity (Wildman–Crippen MR) is 110 cm³/mol. The molecule has 1 aromatic carbocycles. The van der Waals surface area contributed by atoms with E-state index in [1.807, 2.05) is 18.2 Å². The fourth-order valence-electron chi connectivity index (χ4n) is 4.62. The normalized spacial score (nSPS) is 22.6. The van der Waals surface area contributed by atoms with Crippen LogP contribution in [-0.4, -0.2) is 54.8 Å². The Bertz CT molecular complexity index is 899. The molecule has 0 spiro atoms. The molecule has 1 aliphatic carbocycles. The highest BCUT2D eigenvalue weighted by Crippen LogP contribution is 2.28. The minimum atomic E-state index is -3.65. The van der Waals surface area contributed by atoms with E-state index in [4.69, 9.17) is 0 Å². The van der Waals surface area contributed by atoms with Crippen LogP contribution >= 0.6 is 0 Å². The Morgan fingerprint density at radius 3 is 2.45 bits per heavy atom. The largest absolute Gasteiger partial charge is 0.299 e. The first-order chi connectivity index (χ1) is 14.0. The zero-order chi connectivity index (χ0) is 20.3. The lowest BCUT2D eigenvalue weighted by molar-refractivity contribution is 0.187. The summed E-state index contributed by atoms with van der Waals surface area (Å²) in [5.41, 5.74) is 0.991. The van der Waals surface area contributed by atoms with Crippen molar-refractivity contribution < 1.29 is 12.8 Å². The number of aromatic nitrogens is 1. The van der Waals surface area contributed by atoms with Crippen LogP contribution in [0.5, 0.6) is 0 Å². The fraction of sp³-hybridized carbons (Fsp3) is 0.500. The topological polar surface area (TPSA) is 53.5 Å². The average molecular weight is 418 g/mol. The molecule has 156 valence electrons. The first-order valence-electron chi connectivity index (χ1n) is 10.4. The van der Waals surface area contributed by atoms with Crippen LogP contribution in [0.2, 0.25) is 0 Å². The van der Waals surface area contributed by atoms with Crippen LogP contribution in [0.1, 0.15) is 31.4 Å². The summed E-state index contributed by atoms with van der Waals surface area (Å²) >= 11 is 0. The monoisotopic (exact) mass is 417 g/mol. The minimum absolute atomic E-state index is 0.157. The van der Waals surface area contributed by atoms with Crippen molar-refractivity contribution in [2.75, 3.05) is 26.2 Å². The van der Waals surface area contributed by atoms with E-state index in [0.717, 1.165) is 25.2 Å². The number of hydrogen-bond acceptors (Lipinski definition) is 4. The van der Waals surface area contributed by atoms with Gasteiger partial charge in [-0.15, -0.1) is 0 Å². The van der Waals surface area contributed by atoms with Crippen molar-refractivity contribution >= 4 is 10.0 Å². The Morgan fingerprint density at radius 2 is 1.76 bits per heavy atom. The molecule has 0 amide bonds. The number of benzene rings is 1. The van der Waals surface area contributed by atoms with Gasteiger partial charge in [-0.1, -0.05) is 18.9 Å².